The van der Waals surface area contributed by atoms with Crippen LogP contribution in [0, 0.1) is 5.92 Å². The number of hydrogen-bond donors (Lipinski definition) is 1. The lowest BCUT2D eigenvalue weighted by atomic mass is 10.0. The Labute approximate surface area is 68.0 Å². The van der Waals surface area contributed by atoms with Crippen LogP contribution in [-0.4, -0.2) is 25.1 Å². The quantitative estimate of drug-likeness (QED) is 0.627. The van der Waals surface area contributed by atoms with Gasteiger partial charge in [0.25, 0.3) is 0 Å². The minimum atomic E-state index is 1.04. The summed E-state index contributed by atoms with van der Waals surface area (Å²) in [5.74, 6) is 3.87. The molecule has 1 nitrogen and oxygen atoms in total. The highest BCUT2D eigenvalue weighted by Crippen LogP contribution is 2.26. The first-order valence-electron chi connectivity index (χ1n) is 4.16. The second-order valence-corrected chi connectivity index (χ2v) is 4.13. The molecular weight excluding hydrogens is 142 g/mol. The molecule has 1 atom stereocenters. The number of rotatable bonds is 4. The molecule has 2 heteroatoms. The lowest BCUT2D eigenvalue weighted by molar-refractivity contribution is 0.513. The van der Waals surface area contributed by atoms with E-state index in [0.717, 1.165) is 5.92 Å². The van der Waals surface area contributed by atoms with E-state index in [1.54, 1.807) is 0 Å². The van der Waals surface area contributed by atoms with E-state index < -0.39 is 0 Å². The first-order chi connectivity index (χ1) is 4.93. The Balaban J connectivity index is 1.91. The van der Waals surface area contributed by atoms with Gasteiger partial charge in [-0.2, -0.15) is 11.8 Å². The van der Waals surface area contributed by atoms with Crippen LogP contribution in [0.4, 0.5) is 0 Å². The first kappa shape index (κ1) is 8.41. The van der Waals surface area contributed by atoms with E-state index in [4.69, 9.17) is 0 Å². The van der Waals surface area contributed by atoms with Crippen LogP contribution in [-0.2, 0) is 0 Å². The van der Waals surface area contributed by atoms with Crippen LogP contribution in [0.3, 0.4) is 0 Å². The van der Waals surface area contributed by atoms with E-state index >= 15 is 0 Å². The predicted molar refractivity (Wildman–Crippen MR) is 48.6 cm³/mol. The average molecular weight is 159 g/mol. The maximum Gasteiger partial charge on any atom is -0.00388 e. The molecule has 0 aromatic carbocycles. The number of hydrogen-bond acceptors (Lipinski definition) is 2. The van der Waals surface area contributed by atoms with Crippen LogP contribution in [0.1, 0.15) is 19.3 Å². The summed E-state index contributed by atoms with van der Waals surface area (Å²) in [6, 6.07) is 0. The molecule has 0 aliphatic carbocycles. The van der Waals surface area contributed by atoms with Crippen molar-refractivity contribution < 1.29 is 0 Å². The summed E-state index contributed by atoms with van der Waals surface area (Å²) in [5.41, 5.74) is 0. The monoisotopic (exact) mass is 159 g/mol. The molecule has 1 N–H and O–H groups in total. The van der Waals surface area contributed by atoms with Gasteiger partial charge in [0.2, 0.25) is 0 Å². The van der Waals surface area contributed by atoms with Crippen molar-refractivity contribution in [2.75, 3.05) is 25.1 Å². The predicted octanol–water partition coefficient (Wildman–Crippen LogP) is 1.74. The normalized spacial score (nSPS) is 25.5. The first-order valence-corrected chi connectivity index (χ1v) is 5.31. The van der Waals surface area contributed by atoms with Gasteiger partial charge in [-0.1, -0.05) is 0 Å². The molecule has 0 bridgehead atoms. The molecule has 0 amide bonds. The summed E-state index contributed by atoms with van der Waals surface area (Å²) in [7, 11) is 2.03. The Morgan fingerprint density at radius 2 is 2.50 bits per heavy atom. The lowest BCUT2D eigenvalue weighted by Crippen LogP contribution is -2.09. The molecule has 60 valence electrons. The Morgan fingerprint density at radius 1 is 1.60 bits per heavy atom. The van der Waals surface area contributed by atoms with Crippen molar-refractivity contribution in [1.29, 1.82) is 0 Å². The number of nitrogens with one attached hydrogen (secondary N) is 1. The fraction of sp³-hybridized carbons (Fsp3) is 1.00. The SMILES string of the molecule is CNCCCC1CCSC1. The van der Waals surface area contributed by atoms with Gasteiger partial charge in [0.15, 0.2) is 0 Å². The van der Waals surface area contributed by atoms with Gasteiger partial charge in [-0.3, -0.25) is 0 Å². The fourth-order valence-electron chi connectivity index (χ4n) is 1.38. The molecule has 0 spiro atoms. The zero-order valence-electron chi connectivity index (χ0n) is 6.73. The highest BCUT2D eigenvalue weighted by atomic mass is 32.2. The average Bonchev–Trinajstić information content (AvgIpc) is 2.41. The van der Waals surface area contributed by atoms with E-state index in [-0.39, 0.29) is 0 Å². The standard InChI is InChI=1S/C8H17NS/c1-9-5-2-3-8-4-6-10-7-8/h8-9H,2-7H2,1H3. The van der Waals surface area contributed by atoms with Crippen molar-refractivity contribution in [3.63, 3.8) is 0 Å². The molecule has 10 heavy (non-hydrogen) atoms. The zero-order valence-corrected chi connectivity index (χ0v) is 7.54. The van der Waals surface area contributed by atoms with Gasteiger partial charge in [-0.15, -0.1) is 0 Å². The minimum absolute atomic E-state index is 1.04. The molecule has 1 saturated heterocycles. The van der Waals surface area contributed by atoms with Crippen LogP contribution >= 0.6 is 11.8 Å². The molecule has 0 saturated carbocycles. The van der Waals surface area contributed by atoms with Crippen LogP contribution < -0.4 is 5.32 Å². The van der Waals surface area contributed by atoms with Gasteiger partial charge in [0.1, 0.15) is 0 Å². The molecule has 1 heterocycles. The summed E-state index contributed by atoms with van der Waals surface area (Å²) >= 11 is 2.12. The maximum atomic E-state index is 3.18. The third-order valence-corrected chi connectivity index (χ3v) is 3.29. The third kappa shape index (κ3) is 2.93. The van der Waals surface area contributed by atoms with Gasteiger partial charge in [-0.25, -0.2) is 0 Å². The van der Waals surface area contributed by atoms with Crippen molar-refractivity contribution in [2.45, 2.75) is 19.3 Å². The van der Waals surface area contributed by atoms with Crippen molar-refractivity contribution in [2.24, 2.45) is 5.92 Å². The summed E-state index contributed by atoms with van der Waals surface area (Å²) < 4.78 is 0. The largest absolute Gasteiger partial charge is 0.320 e. The Bertz CT molecular complexity index is 79.3. The second kappa shape index (κ2) is 5.03. The van der Waals surface area contributed by atoms with Gasteiger partial charge in [0.05, 0.1) is 0 Å². The Morgan fingerprint density at radius 3 is 3.10 bits per heavy atom. The van der Waals surface area contributed by atoms with Crippen LogP contribution in [0.15, 0.2) is 0 Å². The van der Waals surface area contributed by atoms with E-state index in [9.17, 15) is 0 Å². The minimum Gasteiger partial charge on any atom is -0.320 e. The molecule has 1 aliphatic rings. The van der Waals surface area contributed by atoms with Gasteiger partial charge in [-0.05, 0) is 50.3 Å². The highest BCUT2D eigenvalue weighted by Gasteiger charge is 2.13. The molecular formula is C8H17NS. The summed E-state index contributed by atoms with van der Waals surface area (Å²) in [6.45, 7) is 1.20. The molecule has 1 rings (SSSR count). The maximum absolute atomic E-state index is 3.18. The van der Waals surface area contributed by atoms with E-state index in [1.807, 2.05) is 7.05 Å². The van der Waals surface area contributed by atoms with E-state index in [1.165, 1.54) is 37.3 Å². The van der Waals surface area contributed by atoms with Crippen molar-refractivity contribution in [1.82, 2.24) is 5.32 Å². The zero-order chi connectivity index (χ0) is 7.23. The second-order valence-electron chi connectivity index (χ2n) is 2.98. The summed E-state index contributed by atoms with van der Waals surface area (Å²) in [6.07, 6.45) is 4.27. The fourth-order valence-corrected chi connectivity index (χ4v) is 2.71. The van der Waals surface area contributed by atoms with Crippen molar-refractivity contribution >= 4 is 11.8 Å². The summed E-state index contributed by atoms with van der Waals surface area (Å²) in [5, 5.41) is 3.18. The van der Waals surface area contributed by atoms with Crippen LogP contribution in [0.5, 0.6) is 0 Å². The highest BCUT2D eigenvalue weighted by molar-refractivity contribution is 7.99. The number of thioether (sulfide) groups is 1. The molecule has 0 aromatic heterocycles. The topological polar surface area (TPSA) is 12.0 Å². The molecule has 1 fully saturated rings. The molecule has 1 aliphatic heterocycles. The van der Waals surface area contributed by atoms with E-state index in [0.29, 0.717) is 0 Å². The molecule has 1 unspecified atom stereocenters. The van der Waals surface area contributed by atoms with Crippen LogP contribution in [0.25, 0.3) is 0 Å². The van der Waals surface area contributed by atoms with Crippen LogP contribution in [0.2, 0.25) is 0 Å². The van der Waals surface area contributed by atoms with Crippen molar-refractivity contribution in [3.05, 3.63) is 0 Å². The third-order valence-electron chi connectivity index (χ3n) is 2.06. The van der Waals surface area contributed by atoms with Gasteiger partial charge < -0.3 is 5.32 Å². The summed E-state index contributed by atoms with van der Waals surface area (Å²) in [4.78, 5) is 0. The van der Waals surface area contributed by atoms with Crippen molar-refractivity contribution in [3.8, 4) is 0 Å². The van der Waals surface area contributed by atoms with E-state index in [2.05, 4.69) is 17.1 Å². The smallest absolute Gasteiger partial charge is 0.00388 e. The van der Waals surface area contributed by atoms with Gasteiger partial charge in [0, 0.05) is 0 Å². The Kier molecular flexibility index (Phi) is 4.23. The lowest BCUT2D eigenvalue weighted by Gasteiger charge is -2.05. The molecule has 0 radical (unpaired) electrons. The molecule has 0 aromatic rings. The van der Waals surface area contributed by atoms with Gasteiger partial charge >= 0.3 is 0 Å². The Hall–Kier alpha value is 0.310.